The number of nitrogens with zero attached hydrogens (tertiary/aromatic N) is 1. The van der Waals surface area contributed by atoms with E-state index in [2.05, 4.69) is 83.7 Å². The van der Waals surface area contributed by atoms with E-state index in [9.17, 15) is 0 Å². The van der Waals surface area contributed by atoms with E-state index in [0.29, 0.717) is 6.61 Å². The number of rotatable bonds is 13. The molecular formula is C18H45NO5Si4. The third-order valence-corrected chi connectivity index (χ3v) is 7.17. The molecule has 0 saturated heterocycles. The van der Waals surface area contributed by atoms with Crippen LogP contribution in [-0.4, -0.2) is 71.5 Å². The normalized spacial score (nSPS) is 17.6. The molecule has 0 aromatic heterocycles. The highest BCUT2D eigenvalue weighted by Gasteiger charge is 2.40. The van der Waals surface area contributed by atoms with Gasteiger partial charge in [0.25, 0.3) is 0 Å². The second-order valence-corrected chi connectivity index (χ2v) is 28.9. The summed E-state index contributed by atoms with van der Waals surface area (Å²) in [6, 6.07) is 0. The van der Waals surface area contributed by atoms with E-state index in [-0.39, 0.29) is 18.3 Å². The van der Waals surface area contributed by atoms with Crippen molar-refractivity contribution in [3.63, 3.8) is 0 Å². The van der Waals surface area contributed by atoms with Crippen LogP contribution in [0, 0.1) is 0 Å². The zero-order valence-electron chi connectivity index (χ0n) is 20.5. The summed E-state index contributed by atoms with van der Waals surface area (Å²) >= 11 is 0. The number of hydrogen-bond acceptors (Lipinski definition) is 6. The summed E-state index contributed by atoms with van der Waals surface area (Å²) in [7, 11) is -5.75. The van der Waals surface area contributed by atoms with Gasteiger partial charge in [0.15, 0.2) is 33.3 Å². The predicted molar refractivity (Wildman–Crippen MR) is 129 cm³/mol. The Balaban J connectivity index is 6.01. The fourth-order valence-corrected chi connectivity index (χ4v) is 6.34. The van der Waals surface area contributed by atoms with Crippen LogP contribution >= 0.6 is 0 Å². The van der Waals surface area contributed by atoms with Crippen LogP contribution in [0.2, 0.25) is 78.6 Å². The van der Waals surface area contributed by atoms with E-state index in [1.807, 2.05) is 0 Å². The van der Waals surface area contributed by atoms with Gasteiger partial charge < -0.3 is 22.5 Å². The highest BCUT2D eigenvalue weighted by atomic mass is 28.4. The predicted octanol–water partition coefficient (Wildman–Crippen LogP) is 5.13. The first-order chi connectivity index (χ1) is 12.3. The highest BCUT2D eigenvalue weighted by molar-refractivity contribution is 6.71. The average molecular weight is 468 g/mol. The fourth-order valence-electron chi connectivity index (χ4n) is 2.46. The van der Waals surface area contributed by atoms with Gasteiger partial charge in [-0.15, -0.1) is 0 Å². The third kappa shape index (κ3) is 15.1. The largest absolute Gasteiger partial charge is 0.415 e. The fraction of sp³-hybridized carbons (Fsp3) is 0.944. The van der Waals surface area contributed by atoms with Gasteiger partial charge in [0.1, 0.15) is 19.3 Å². The van der Waals surface area contributed by atoms with Gasteiger partial charge in [0.2, 0.25) is 0 Å². The van der Waals surface area contributed by atoms with Crippen LogP contribution in [-0.2, 0) is 22.5 Å². The molecule has 0 saturated carbocycles. The van der Waals surface area contributed by atoms with Crippen LogP contribution in [0.3, 0.4) is 0 Å². The summed E-state index contributed by atoms with van der Waals surface area (Å²) in [6.45, 7) is 26.7. The monoisotopic (exact) mass is 467 g/mol. The molecule has 0 rings (SSSR count). The minimum atomic E-state index is -1.89. The van der Waals surface area contributed by atoms with Gasteiger partial charge in [-0.2, -0.15) is 0 Å². The van der Waals surface area contributed by atoms with Crippen molar-refractivity contribution in [2.45, 2.75) is 96.9 Å². The minimum Gasteiger partial charge on any atom is -0.415 e. The second-order valence-electron chi connectivity index (χ2n) is 11.0. The summed E-state index contributed by atoms with van der Waals surface area (Å²) < 4.78 is 26.0. The zero-order chi connectivity index (χ0) is 22.4. The standard InChI is InChI=1S/C18H45NO5Si4/c1-20-19-14-16(22-26(5,6)7)18(24-28(11,12)13)17(23-27(8,9)10)15-21-25(2,3)4/h14,16-18H,15H2,1-13H3/b19-14+/t16-,17-,18-/m0/s1. The summed E-state index contributed by atoms with van der Waals surface area (Å²) in [5, 5.41) is 4.03. The lowest BCUT2D eigenvalue weighted by molar-refractivity contribution is -0.0281. The van der Waals surface area contributed by atoms with Crippen molar-refractivity contribution < 1.29 is 22.5 Å². The molecule has 10 heteroatoms. The van der Waals surface area contributed by atoms with Gasteiger partial charge in [-0.1, -0.05) is 5.16 Å². The van der Waals surface area contributed by atoms with Crippen LogP contribution < -0.4 is 0 Å². The highest BCUT2D eigenvalue weighted by Crippen LogP contribution is 2.24. The van der Waals surface area contributed by atoms with Gasteiger partial charge >= 0.3 is 0 Å². The van der Waals surface area contributed by atoms with E-state index in [4.69, 9.17) is 22.5 Å². The molecular weight excluding hydrogens is 423 g/mol. The Kier molecular flexibility index (Phi) is 11.1. The summed E-state index contributed by atoms with van der Waals surface area (Å²) in [5.74, 6) is 0. The summed E-state index contributed by atoms with van der Waals surface area (Å²) in [6.07, 6.45) is 0.873. The lowest BCUT2D eigenvalue weighted by atomic mass is 10.1. The molecule has 0 fully saturated rings. The van der Waals surface area contributed by atoms with Crippen molar-refractivity contribution in [1.29, 1.82) is 0 Å². The van der Waals surface area contributed by atoms with E-state index in [1.54, 1.807) is 13.3 Å². The van der Waals surface area contributed by atoms with Crippen molar-refractivity contribution in [3.05, 3.63) is 0 Å². The van der Waals surface area contributed by atoms with Gasteiger partial charge in [-0.3, -0.25) is 0 Å². The lowest BCUT2D eigenvalue weighted by Gasteiger charge is -2.41. The molecule has 0 aliphatic heterocycles. The molecule has 0 radical (unpaired) electrons. The van der Waals surface area contributed by atoms with Crippen molar-refractivity contribution in [1.82, 2.24) is 0 Å². The molecule has 0 bridgehead atoms. The van der Waals surface area contributed by atoms with Gasteiger partial charge in [0.05, 0.1) is 18.9 Å². The van der Waals surface area contributed by atoms with Crippen molar-refractivity contribution in [2.75, 3.05) is 13.7 Å². The zero-order valence-corrected chi connectivity index (χ0v) is 24.5. The lowest BCUT2D eigenvalue weighted by Crippen LogP contribution is -2.55. The molecule has 0 aromatic carbocycles. The van der Waals surface area contributed by atoms with Crippen LogP contribution in [0.1, 0.15) is 0 Å². The molecule has 0 amide bonds. The molecule has 0 unspecified atom stereocenters. The molecule has 3 atom stereocenters. The minimum absolute atomic E-state index is 0.213. The number of hydrogen-bond donors (Lipinski definition) is 0. The first-order valence-electron chi connectivity index (χ1n) is 10.1. The molecule has 0 aliphatic rings. The molecule has 168 valence electrons. The van der Waals surface area contributed by atoms with E-state index >= 15 is 0 Å². The van der Waals surface area contributed by atoms with Crippen LogP contribution in [0.15, 0.2) is 5.16 Å². The maximum absolute atomic E-state index is 6.64. The molecule has 0 aromatic rings. The van der Waals surface area contributed by atoms with E-state index < -0.39 is 33.3 Å². The Morgan fingerprint density at radius 2 is 1.14 bits per heavy atom. The van der Waals surface area contributed by atoms with E-state index in [1.165, 1.54) is 0 Å². The quantitative estimate of drug-likeness (QED) is 0.213. The summed E-state index contributed by atoms with van der Waals surface area (Å²) in [4.78, 5) is 4.97. The molecule has 0 heterocycles. The molecule has 0 spiro atoms. The maximum Gasteiger partial charge on any atom is 0.184 e. The Labute approximate surface area is 177 Å². The van der Waals surface area contributed by atoms with Gasteiger partial charge in [-0.05, 0) is 78.6 Å². The topological polar surface area (TPSA) is 58.5 Å². The number of oxime groups is 1. The van der Waals surface area contributed by atoms with Crippen LogP contribution in [0.25, 0.3) is 0 Å². The Morgan fingerprint density at radius 3 is 1.50 bits per heavy atom. The Morgan fingerprint density at radius 1 is 0.679 bits per heavy atom. The van der Waals surface area contributed by atoms with E-state index in [0.717, 1.165) is 0 Å². The SMILES string of the molecule is CO/N=C/[C@H](O[Si](C)(C)C)[C@H](O[Si](C)(C)C)[C@H](CO[Si](C)(C)C)O[Si](C)(C)C. The Hall–Kier alpha value is 0.178. The second kappa shape index (κ2) is 11.0. The average Bonchev–Trinajstić information content (AvgIpc) is 2.41. The van der Waals surface area contributed by atoms with Crippen molar-refractivity contribution in [2.24, 2.45) is 5.16 Å². The molecule has 0 aliphatic carbocycles. The first kappa shape index (κ1) is 28.2. The molecule has 0 N–H and O–H groups in total. The Bertz CT molecular complexity index is 478. The molecule has 28 heavy (non-hydrogen) atoms. The van der Waals surface area contributed by atoms with Crippen LogP contribution in [0.5, 0.6) is 0 Å². The van der Waals surface area contributed by atoms with Gasteiger partial charge in [-0.25, -0.2) is 0 Å². The smallest absolute Gasteiger partial charge is 0.184 e. The first-order valence-corrected chi connectivity index (χ1v) is 23.7. The van der Waals surface area contributed by atoms with Gasteiger partial charge in [0, 0.05) is 0 Å². The van der Waals surface area contributed by atoms with Crippen molar-refractivity contribution in [3.8, 4) is 0 Å². The third-order valence-electron chi connectivity index (χ3n) is 3.17. The maximum atomic E-state index is 6.64. The summed E-state index contributed by atoms with van der Waals surface area (Å²) in [5.41, 5.74) is 0. The van der Waals surface area contributed by atoms with Crippen molar-refractivity contribution >= 4 is 39.5 Å². The molecule has 6 nitrogen and oxygen atoms in total. The van der Waals surface area contributed by atoms with Crippen LogP contribution in [0.4, 0.5) is 0 Å².